The van der Waals surface area contributed by atoms with Gasteiger partial charge >= 0.3 is 0 Å². The summed E-state index contributed by atoms with van der Waals surface area (Å²) in [6, 6.07) is 6.96. The second-order valence-electron chi connectivity index (χ2n) is 5.97. The normalized spacial score (nSPS) is 25.1. The summed E-state index contributed by atoms with van der Waals surface area (Å²) in [7, 11) is 0. The van der Waals surface area contributed by atoms with Gasteiger partial charge in [-0.2, -0.15) is 0 Å². The van der Waals surface area contributed by atoms with Crippen molar-refractivity contribution in [2.24, 2.45) is 5.92 Å². The van der Waals surface area contributed by atoms with E-state index in [2.05, 4.69) is 5.32 Å². The average molecular weight is 300 g/mol. The van der Waals surface area contributed by atoms with E-state index >= 15 is 0 Å². The van der Waals surface area contributed by atoms with E-state index in [0.717, 1.165) is 51.8 Å². The van der Waals surface area contributed by atoms with Gasteiger partial charge in [0.2, 0.25) is 0 Å². The Morgan fingerprint density at radius 1 is 1.20 bits per heavy atom. The molecule has 1 unspecified atom stereocenters. The first-order chi connectivity index (χ1) is 9.26. The third kappa shape index (κ3) is 3.72. The molecule has 2 heterocycles. The summed E-state index contributed by atoms with van der Waals surface area (Å²) < 4.78 is 19.0. The van der Waals surface area contributed by atoms with Crippen LogP contribution in [0.2, 0.25) is 0 Å². The molecule has 0 amide bonds. The summed E-state index contributed by atoms with van der Waals surface area (Å²) in [5.41, 5.74) is 1.37. The van der Waals surface area contributed by atoms with Gasteiger partial charge < -0.3 is 10.1 Å². The van der Waals surface area contributed by atoms with Crippen molar-refractivity contribution >= 4 is 12.4 Å². The van der Waals surface area contributed by atoms with Gasteiger partial charge in [0.15, 0.2) is 0 Å². The predicted octanol–water partition coefficient (Wildman–Crippen LogP) is 3.34. The number of hydrogen-bond acceptors (Lipinski definition) is 2. The highest BCUT2D eigenvalue weighted by Gasteiger charge is 2.38. The van der Waals surface area contributed by atoms with Crippen molar-refractivity contribution in [3.63, 3.8) is 0 Å². The molecule has 2 nitrogen and oxygen atoms in total. The van der Waals surface area contributed by atoms with Crippen molar-refractivity contribution < 1.29 is 9.13 Å². The Kier molecular flexibility index (Phi) is 5.42. The van der Waals surface area contributed by atoms with Gasteiger partial charge in [-0.1, -0.05) is 12.1 Å². The lowest BCUT2D eigenvalue weighted by Gasteiger charge is -2.43. The first-order valence-corrected chi connectivity index (χ1v) is 7.35. The molecule has 2 saturated heterocycles. The first-order valence-electron chi connectivity index (χ1n) is 7.35. The lowest BCUT2D eigenvalue weighted by molar-refractivity contribution is -0.113. The molecule has 1 spiro atoms. The number of benzene rings is 1. The zero-order chi connectivity index (χ0) is 13.1. The minimum atomic E-state index is -0.148. The number of hydrogen-bond donors (Lipinski definition) is 1. The van der Waals surface area contributed by atoms with Crippen LogP contribution in [-0.2, 0) is 11.2 Å². The van der Waals surface area contributed by atoms with Gasteiger partial charge in [-0.3, -0.25) is 0 Å². The molecular weight excluding hydrogens is 277 g/mol. The molecule has 1 aromatic rings. The van der Waals surface area contributed by atoms with E-state index in [1.54, 1.807) is 12.1 Å². The molecular formula is C16H23ClFNO. The molecule has 0 radical (unpaired) electrons. The van der Waals surface area contributed by atoms with Crippen molar-refractivity contribution in [2.45, 2.75) is 37.7 Å². The van der Waals surface area contributed by atoms with Crippen LogP contribution < -0.4 is 5.32 Å². The third-order valence-corrected chi connectivity index (χ3v) is 4.55. The molecule has 2 aliphatic rings. The third-order valence-electron chi connectivity index (χ3n) is 4.55. The highest BCUT2D eigenvalue weighted by atomic mass is 35.5. The Morgan fingerprint density at radius 2 is 1.90 bits per heavy atom. The Bertz CT molecular complexity index is 411. The zero-order valence-corrected chi connectivity index (χ0v) is 12.6. The molecule has 0 bridgehead atoms. The summed E-state index contributed by atoms with van der Waals surface area (Å²) in [4.78, 5) is 0. The molecule has 1 N–H and O–H groups in total. The topological polar surface area (TPSA) is 21.3 Å². The van der Waals surface area contributed by atoms with Crippen LogP contribution in [0.4, 0.5) is 4.39 Å². The highest BCUT2D eigenvalue weighted by molar-refractivity contribution is 5.85. The molecule has 1 aromatic carbocycles. The molecule has 0 saturated carbocycles. The number of piperidine rings is 1. The van der Waals surface area contributed by atoms with E-state index in [0.29, 0.717) is 5.92 Å². The van der Waals surface area contributed by atoms with Crippen LogP contribution in [0.25, 0.3) is 0 Å². The largest absolute Gasteiger partial charge is 0.375 e. The molecule has 0 aromatic heterocycles. The highest BCUT2D eigenvalue weighted by Crippen LogP contribution is 2.37. The lowest BCUT2D eigenvalue weighted by Crippen LogP contribution is -2.48. The van der Waals surface area contributed by atoms with Crippen LogP contribution >= 0.6 is 12.4 Å². The minimum absolute atomic E-state index is 0. The van der Waals surface area contributed by atoms with Gasteiger partial charge in [0.1, 0.15) is 5.82 Å². The van der Waals surface area contributed by atoms with Crippen molar-refractivity contribution in [2.75, 3.05) is 19.7 Å². The maximum Gasteiger partial charge on any atom is 0.123 e. The standard InChI is InChI=1S/C16H22FNO.ClH/c17-15-3-1-13(2-4-15)11-14-5-10-19-16(12-14)6-8-18-9-7-16;/h1-4,14,18H,5-12H2;1H. The van der Waals surface area contributed by atoms with E-state index in [9.17, 15) is 4.39 Å². The van der Waals surface area contributed by atoms with Crippen molar-refractivity contribution in [3.05, 3.63) is 35.6 Å². The second-order valence-corrected chi connectivity index (χ2v) is 5.97. The number of rotatable bonds is 2. The first kappa shape index (κ1) is 15.7. The zero-order valence-electron chi connectivity index (χ0n) is 11.7. The fourth-order valence-corrected chi connectivity index (χ4v) is 3.49. The Labute approximate surface area is 126 Å². The maximum absolute atomic E-state index is 12.9. The number of nitrogens with one attached hydrogen (secondary N) is 1. The number of ether oxygens (including phenoxy) is 1. The average Bonchev–Trinajstić information content (AvgIpc) is 2.42. The molecule has 20 heavy (non-hydrogen) atoms. The van der Waals surface area contributed by atoms with Gasteiger partial charge in [0, 0.05) is 6.61 Å². The van der Waals surface area contributed by atoms with E-state index in [1.165, 1.54) is 5.56 Å². The molecule has 1 atom stereocenters. The summed E-state index contributed by atoms with van der Waals surface area (Å²) in [6.45, 7) is 3.03. The Morgan fingerprint density at radius 3 is 2.60 bits per heavy atom. The van der Waals surface area contributed by atoms with Crippen LogP contribution in [-0.4, -0.2) is 25.3 Å². The van der Waals surface area contributed by atoms with E-state index in [1.807, 2.05) is 12.1 Å². The summed E-state index contributed by atoms with van der Waals surface area (Å²) in [6.07, 6.45) is 5.61. The van der Waals surface area contributed by atoms with Crippen LogP contribution in [0, 0.1) is 11.7 Å². The summed E-state index contributed by atoms with van der Waals surface area (Å²) in [5, 5.41) is 3.41. The molecule has 112 valence electrons. The fraction of sp³-hybridized carbons (Fsp3) is 0.625. The lowest BCUT2D eigenvalue weighted by atomic mass is 9.78. The van der Waals surface area contributed by atoms with E-state index < -0.39 is 0 Å². The van der Waals surface area contributed by atoms with Gasteiger partial charge in [0.25, 0.3) is 0 Å². The Hall–Kier alpha value is -0.640. The predicted molar refractivity (Wildman–Crippen MR) is 80.9 cm³/mol. The van der Waals surface area contributed by atoms with Gasteiger partial charge in [-0.15, -0.1) is 12.4 Å². The van der Waals surface area contributed by atoms with Crippen LogP contribution in [0.15, 0.2) is 24.3 Å². The minimum Gasteiger partial charge on any atom is -0.375 e. The molecule has 0 aliphatic carbocycles. The quantitative estimate of drug-likeness (QED) is 0.904. The molecule has 4 heteroatoms. The fourth-order valence-electron chi connectivity index (χ4n) is 3.49. The summed E-state index contributed by atoms with van der Waals surface area (Å²) in [5.74, 6) is 0.530. The van der Waals surface area contributed by atoms with Crippen LogP contribution in [0.5, 0.6) is 0 Å². The maximum atomic E-state index is 12.9. The van der Waals surface area contributed by atoms with Gasteiger partial charge in [0.05, 0.1) is 5.60 Å². The second kappa shape index (κ2) is 6.88. The molecule has 3 rings (SSSR count). The van der Waals surface area contributed by atoms with E-state index in [4.69, 9.17) is 4.74 Å². The van der Waals surface area contributed by atoms with Crippen LogP contribution in [0.1, 0.15) is 31.2 Å². The van der Waals surface area contributed by atoms with Crippen molar-refractivity contribution in [1.29, 1.82) is 0 Å². The molecule has 2 fully saturated rings. The smallest absolute Gasteiger partial charge is 0.123 e. The van der Waals surface area contributed by atoms with Gasteiger partial charge in [-0.05, 0) is 68.8 Å². The number of halogens is 2. The molecule has 2 aliphatic heterocycles. The summed E-state index contributed by atoms with van der Waals surface area (Å²) >= 11 is 0. The van der Waals surface area contributed by atoms with Crippen molar-refractivity contribution in [1.82, 2.24) is 5.32 Å². The van der Waals surface area contributed by atoms with Crippen molar-refractivity contribution in [3.8, 4) is 0 Å². The Balaban J connectivity index is 0.00000147. The SMILES string of the molecule is Cl.Fc1ccc(CC2CCOC3(CCNCC3)C2)cc1. The van der Waals surface area contributed by atoms with E-state index in [-0.39, 0.29) is 23.8 Å². The van der Waals surface area contributed by atoms with Gasteiger partial charge in [-0.25, -0.2) is 4.39 Å². The van der Waals surface area contributed by atoms with Crippen LogP contribution in [0.3, 0.4) is 0 Å². The monoisotopic (exact) mass is 299 g/mol.